The maximum atomic E-state index is 12.1. The Bertz CT molecular complexity index is 1000. The third-order valence-corrected chi connectivity index (χ3v) is 5.86. The van der Waals surface area contributed by atoms with Crippen molar-refractivity contribution in [1.29, 1.82) is 0 Å². The molecule has 0 aliphatic carbocycles. The molecule has 2 aromatic carbocycles. The Morgan fingerprint density at radius 2 is 1.90 bits per heavy atom. The van der Waals surface area contributed by atoms with Crippen molar-refractivity contribution in [3.05, 3.63) is 69.7 Å². The highest BCUT2D eigenvalue weighted by Crippen LogP contribution is 2.26. The molecular weight excluding hydrogens is 434 g/mol. The van der Waals surface area contributed by atoms with E-state index in [1.807, 2.05) is 61.7 Å². The number of halogens is 1. The van der Waals surface area contributed by atoms with E-state index in [2.05, 4.69) is 4.98 Å². The maximum absolute atomic E-state index is 12.1. The summed E-state index contributed by atoms with van der Waals surface area (Å²) in [5.74, 6) is 0.426. The minimum absolute atomic E-state index is 0.330. The fourth-order valence-electron chi connectivity index (χ4n) is 3.09. The Morgan fingerprint density at radius 1 is 1.13 bits per heavy atom. The van der Waals surface area contributed by atoms with Crippen LogP contribution in [0.1, 0.15) is 30.7 Å². The highest BCUT2D eigenvalue weighted by molar-refractivity contribution is 7.13. The number of aryl methyl sites for hydroxylation is 1. The van der Waals surface area contributed by atoms with Crippen LogP contribution in [0.4, 0.5) is 0 Å². The van der Waals surface area contributed by atoms with Crippen LogP contribution in [0.15, 0.2) is 47.8 Å². The van der Waals surface area contributed by atoms with Crippen molar-refractivity contribution >= 4 is 28.9 Å². The number of hydrogen-bond donors (Lipinski definition) is 0. The van der Waals surface area contributed by atoms with E-state index in [0.29, 0.717) is 31.3 Å². The lowest BCUT2D eigenvalue weighted by Crippen LogP contribution is -2.29. The molecule has 0 fully saturated rings. The van der Waals surface area contributed by atoms with Crippen LogP contribution in [0.3, 0.4) is 0 Å². The molecule has 164 valence electrons. The number of ether oxygens (including phenoxy) is 3. The maximum Gasteiger partial charge on any atom is 0.335 e. The second-order valence-corrected chi connectivity index (χ2v) is 8.22. The van der Waals surface area contributed by atoms with Crippen molar-refractivity contribution in [3.8, 4) is 16.3 Å². The molecule has 0 aliphatic rings. The second kappa shape index (κ2) is 11.3. The van der Waals surface area contributed by atoms with Crippen LogP contribution in [-0.4, -0.2) is 30.3 Å². The van der Waals surface area contributed by atoms with Gasteiger partial charge in [-0.2, -0.15) is 0 Å². The number of esters is 1. The average molecular weight is 460 g/mol. The van der Waals surface area contributed by atoms with Crippen molar-refractivity contribution < 1.29 is 19.0 Å². The van der Waals surface area contributed by atoms with Crippen molar-refractivity contribution in [2.45, 2.75) is 39.9 Å². The van der Waals surface area contributed by atoms with Gasteiger partial charge in [-0.1, -0.05) is 29.8 Å². The average Bonchev–Trinajstić information content (AvgIpc) is 3.23. The van der Waals surface area contributed by atoms with Gasteiger partial charge in [0.05, 0.1) is 12.3 Å². The van der Waals surface area contributed by atoms with Gasteiger partial charge in [-0.05, 0) is 56.2 Å². The zero-order chi connectivity index (χ0) is 22.2. The van der Waals surface area contributed by atoms with Crippen molar-refractivity contribution in [2.75, 3.05) is 13.2 Å². The number of hydrogen-bond acceptors (Lipinski definition) is 6. The van der Waals surface area contributed by atoms with Gasteiger partial charge < -0.3 is 14.2 Å². The van der Waals surface area contributed by atoms with E-state index >= 15 is 0 Å². The number of nitrogens with zero attached hydrogens (tertiary/aromatic N) is 1. The minimum atomic E-state index is -0.600. The van der Waals surface area contributed by atoms with Crippen LogP contribution >= 0.6 is 22.9 Å². The summed E-state index contributed by atoms with van der Waals surface area (Å²) in [5.41, 5.74) is 3.96. The summed E-state index contributed by atoms with van der Waals surface area (Å²) in [4.78, 5) is 16.8. The van der Waals surface area contributed by atoms with E-state index in [9.17, 15) is 4.79 Å². The normalized spacial score (nSPS) is 11.9. The Labute approximate surface area is 191 Å². The first kappa shape index (κ1) is 23.3. The van der Waals surface area contributed by atoms with Crippen LogP contribution < -0.4 is 4.74 Å². The van der Waals surface area contributed by atoms with E-state index in [1.165, 1.54) is 0 Å². The van der Waals surface area contributed by atoms with Crippen molar-refractivity contribution in [1.82, 2.24) is 4.98 Å². The monoisotopic (exact) mass is 459 g/mol. The predicted octanol–water partition coefficient (Wildman–Crippen LogP) is 5.86. The third-order valence-electron chi connectivity index (χ3n) is 4.67. The SMILES string of the molecule is CCOC(=O)C(Cc1ccc(OCc2csc(-c3ccc(Cl)cc3)n2)cc1C)OCC. The van der Waals surface area contributed by atoms with Gasteiger partial charge in [0, 0.05) is 29.0 Å². The summed E-state index contributed by atoms with van der Waals surface area (Å²) >= 11 is 7.53. The minimum Gasteiger partial charge on any atom is -0.487 e. The molecule has 3 rings (SSSR count). The van der Waals surface area contributed by atoms with Gasteiger partial charge in [0.25, 0.3) is 0 Å². The molecule has 7 heteroatoms. The lowest BCUT2D eigenvalue weighted by molar-refractivity contribution is -0.156. The summed E-state index contributed by atoms with van der Waals surface area (Å²) in [6.45, 7) is 6.83. The zero-order valence-corrected chi connectivity index (χ0v) is 19.5. The lowest BCUT2D eigenvalue weighted by Gasteiger charge is -2.17. The largest absolute Gasteiger partial charge is 0.487 e. The first-order valence-electron chi connectivity index (χ1n) is 10.2. The van der Waals surface area contributed by atoms with E-state index in [0.717, 1.165) is 33.1 Å². The van der Waals surface area contributed by atoms with Crippen LogP contribution in [0.2, 0.25) is 5.02 Å². The number of aromatic nitrogens is 1. The van der Waals surface area contributed by atoms with Gasteiger partial charge in [-0.25, -0.2) is 9.78 Å². The number of carbonyl (C=O) groups is 1. The second-order valence-electron chi connectivity index (χ2n) is 6.93. The van der Waals surface area contributed by atoms with Gasteiger partial charge >= 0.3 is 5.97 Å². The van der Waals surface area contributed by atoms with E-state index < -0.39 is 6.10 Å². The number of rotatable bonds is 10. The molecule has 0 amide bonds. The standard InChI is InChI=1S/C24H26ClNO4S/c1-4-28-22(24(27)29-5-2)13-18-8-11-21(12-16(18)3)30-14-20-15-31-23(26-20)17-6-9-19(25)10-7-17/h6-12,15,22H,4-5,13-14H2,1-3H3. The Balaban J connectivity index is 1.61. The highest BCUT2D eigenvalue weighted by atomic mass is 35.5. The zero-order valence-electron chi connectivity index (χ0n) is 17.9. The summed E-state index contributed by atoms with van der Waals surface area (Å²) in [5, 5.41) is 3.64. The molecule has 5 nitrogen and oxygen atoms in total. The summed E-state index contributed by atoms with van der Waals surface area (Å²) in [6, 6.07) is 13.5. The lowest BCUT2D eigenvalue weighted by atomic mass is 10.0. The third kappa shape index (κ3) is 6.53. The first-order valence-corrected chi connectivity index (χ1v) is 11.5. The molecule has 0 spiro atoms. The topological polar surface area (TPSA) is 57.7 Å². The van der Waals surface area contributed by atoms with Gasteiger partial charge in [0.1, 0.15) is 17.4 Å². The molecule has 1 heterocycles. The van der Waals surface area contributed by atoms with Crippen LogP contribution in [0.25, 0.3) is 10.6 Å². The fraction of sp³-hybridized carbons (Fsp3) is 0.333. The molecule has 1 aromatic heterocycles. The molecule has 0 saturated carbocycles. The molecule has 1 unspecified atom stereocenters. The number of carbonyl (C=O) groups excluding carboxylic acids is 1. The van der Waals surface area contributed by atoms with Crippen LogP contribution in [-0.2, 0) is 27.3 Å². The van der Waals surface area contributed by atoms with Gasteiger partial charge in [0.2, 0.25) is 0 Å². The molecule has 0 N–H and O–H groups in total. The number of thiazole rings is 1. The Hall–Kier alpha value is -2.41. The molecule has 31 heavy (non-hydrogen) atoms. The fourth-order valence-corrected chi connectivity index (χ4v) is 4.03. The van der Waals surface area contributed by atoms with Gasteiger partial charge in [-0.3, -0.25) is 0 Å². The van der Waals surface area contributed by atoms with Crippen molar-refractivity contribution in [3.63, 3.8) is 0 Å². The quantitative estimate of drug-likeness (QED) is 0.355. The summed E-state index contributed by atoms with van der Waals surface area (Å²) in [7, 11) is 0. The van der Waals surface area contributed by atoms with Crippen LogP contribution in [0.5, 0.6) is 5.75 Å². The number of benzene rings is 2. The molecule has 0 aliphatic heterocycles. The Morgan fingerprint density at radius 3 is 2.58 bits per heavy atom. The van der Waals surface area contributed by atoms with E-state index in [4.69, 9.17) is 25.8 Å². The van der Waals surface area contributed by atoms with Gasteiger partial charge in [-0.15, -0.1) is 11.3 Å². The van der Waals surface area contributed by atoms with Crippen LogP contribution in [0, 0.1) is 6.92 Å². The Kier molecular flexibility index (Phi) is 8.46. The smallest absolute Gasteiger partial charge is 0.335 e. The predicted molar refractivity (Wildman–Crippen MR) is 124 cm³/mol. The molecule has 3 aromatic rings. The molecule has 0 radical (unpaired) electrons. The van der Waals surface area contributed by atoms with Gasteiger partial charge in [0.15, 0.2) is 6.10 Å². The van der Waals surface area contributed by atoms with E-state index in [-0.39, 0.29) is 5.97 Å². The molecule has 0 saturated heterocycles. The van der Waals surface area contributed by atoms with Crippen molar-refractivity contribution in [2.24, 2.45) is 0 Å². The molecular formula is C24H26ClNO4S. The highest BCUT2D eigenvalue weighted by Gasteiger charge is 2.21. The summed E-state index contributed by atoms with van der Waals surface area (Å²) in [6.07, 6.45) is -0.133. The van der Waals surface area contributed by atoms with E-state index in [1.54, 1.807) is 18.3 Å². The molecule has 0 bridgehead atoms. The first-order chi connectivity index (χ1) is 15.0. The summed E-state index contributed by atoms with van der Waals surface area (Å²) < 4.78 is 16.6. The molecule has 1 atom stereocenters.